The molecule has 3 aromatic rings. The topological polar surface area (TPSA) is 115 Å². The molecule has 2 aromatic heterocycles. The van der Waals surface area contributed by atoms with Crippen LogP contribution in [0.5, 0.6) is 6.01 Å². The van der Waals surface area contributed by atoms with Gasteiger partial charge in [0.15, 0.2) is 11.5 Å². The molecule has 46 heavy (non-hydrogen) atoms. The Morgan fingerprint density at radius 2 is 1.96 bits per heavy atom. The molecular formula is C30H33ClF4N8O3. The highest BCUT2D eigenvalue weighted by Crippen LogP contribution is 2.43. The Morgan fingerprint density at radius 3 is 2.63 bits per heavy atom. The van der Waals surface area contributed by atoms with Crippen molar-refractivity contribution in [3.8, 4) is 6.01 Å². The van der Waals surface area contributed by atoms with Gasteiger partial charge >= 0.3 is 12.2 Å². The maximum atomic E-state index is 15.1. The van der Waals surface area contributed by atoms with Crippen LogP contribution in [0.15, 0.2) is 12.1 Å². The molecule has 1 aromatic carbocycles. The van der Waals surface area contributed by atoms with E-state index in [4.69, 9.17) is 26.8 Å². The maximum absolute atomic E-state index is 15.1. The van der Waals surface area contributed by atoms with Gasteiger partial charge < -0.3 is 25.0 Å². The molecule has 2 N–H and O–H groups in total. The number of likely N-dealkylation sites (tertiary alicyclic amines) is 2. The summed E-state index contributed by atoms with van der Waals surface area (Å²) in [6, 6.07) is 1.65. The molecule has 246 valence electrons. The largest absolute Gasteiger partial charge is 0.467 e. The van der Waals surface area contributed by atoms with Gasteiger partial charge in [-0.15, -0.1) is 0 Å². The second-order valence-corrected chi connectivity index (χ2v) is 12.7. The smallest absolute Gasteiger partial charge is 0.416 e. The Bertz CT molecular complexity index is 1720. The van der Waals surface area contributed by atoms with Crippen molar-refractivity contribution in [3.05, 3.63) is 56.7 Å². The molecule has 0 aliphatic carbocycles. The fourth-order valence-corrected chi connectivity index (χ4v) is 7.36. The number of ether oxygens (including phenoxy) is 2. The van der Waals surface area contributed by atoms with Crippen LogP contribution >= 0.6 is 11.6 Å². The predicted octanol–water partition coefficient (Wildman–Crippen LogP) is 4.22. The molecule has 11 nitrogen and oxygen atoms in total. The van der Waals surface area contributed by atoms with Crippen molar-refractivity contribution in [1.29, 1.82) is 0 Å². The number of aryl methyl sites for hydroxylation is 1. The van der Waals surface area contributed by atoms with Crippen LogP contribution in [0.4, 0.5) is 29.1 Å². The normalized spacial score (nSPS) is 23.2. The Hall–Kier alpha value is -3.69. The Morgan fingerprint density at radius 1 is 1.17 bits per heavy atom. The van der Waals surface area contributed by atoms with Crippen LogP contribution < -0.4 is 15.4 Å². The van der Waals surface area contributed by atoms with Gasteiger partial charge in [0, 0.05) is 55.8 Å². The number of amides is 1. The number of hydrogen-bond donors (Lipinski definition) is 1. The molecule has 16 heteroatoms. The summed E-state index contributed by atoms with van der Waals surface area (Å²) >= 11 is 6.87. The lowest BCUT2D eigenvalue weighted by molar-refractivity contribution is -0.140. The molecule has 1 spiro atoms. The quantitative estimate of drug-likeness (QED) is 0.324. The van der Waals surface area contributed by atoms with Gasteiger partial charge in [-0.25, -0.2) is 4.39 Å². The molecule has 0 bridgehead atoms. The summed E-state index contributed by atoms with van der Waals surface area (Å²) < 4.78 is 69.7. The average molecular weight is 665 g/mol. The number of likely N-dealkylation sites (N-methyl/N-ethyl adjacent to an activating group) is 1. The zero-order valence-corrected chi connectivity index (χ0v) is 26.1. The highest BCUT2D eigenvalue weighted by molar-refractivity contribution is 6.34. The van der Waals surface area contributed by atoms with Gasteiger partial charge in [0.1, 0.15) is 5.82 Å². The molecule has 0 saturated carbocycles. The number of halogens is 5. The van der Waals surface area contributed by atoms with Crippen LogP contribution in [0.3, 0.4) is 0 Å². The number of benzene rings is 1. The molecule has 4 aliphatic rings. The van der Waals surface area contributed by atoms with E-state index in [1.807, 2.05) is 9.80 Å². The lowest BCUT2D eigenvalue weighted by atomic mass is 9.85. The molecule has 2 fully saturated rings. The van der Waals surface area contributed by atoms with E-state index in [1.54, 1.807) is 4.68 Å². The van der Waals surface area contributed by atoms with Crippen molar-refractivity contribution in [2.75, 3.05) is 51.0 Å². The number of carbonyl (C=O) groups excluding carboxylic acids is 1. The first-order valence-corrected chi connectivity index (χ1v) is 15.5. The predicted molar refractivity (Wildman–Crippen MR) is 159 cm³/mol. The minimum atomic E-state index is -4.82. The first kappa shape index (κ1) is 30.9. The number of carbonyl (C=O) groups is 1. The second-order valence-electron chi connectivity index (χ2n) is 12.4. The van der Waals surface area contributed by atoms with Crippen LogP contribution in [0.25, 0.3) is 0 Å². The standard InChI is InChI=1S/C30H33ClF4N8O3/c1-40-10-6-29(40)7-11-42(15-29)27(44)25-23(31)20-13-41(8-3-9-43(20)39-25)26-16-14-46-21(12-19(16)37-28(38-26)45-2)22-17(30(33,34)35)4-5-18(36)24(22)32/h4-5,21H,3,6-15,36H2,1-2H3. The molecule has 1 amide bonds. The summed E-state index contributed by atoms with van der Waals surface area (Å²) in [5, 5.41) is 4.92. The fourth-order valence-electron chi connectivity index (χ4n) is 7.09. The van der Waals surface area contributed by atoms with E-state index in [0.717, 1.165) is 31.5 Å². The zero-order valence-electron chi connectivity index (χ0n) is 25.3. The highest BCUT2D eigenvalue weighted by Gasteiger charge is 2.49. The number of alkyl halides is 3. The number of fused-ring (bicyclic) bond motifs is 2. The number of methoxy groups -OCH3 is 1. The lowest BCUT2D eigenvalue weighted by Crippen LogP contribution is -2.59. The molecule has 2 unspecified atom stereocenters. The van der Waals surface area contributed by atoms with Gasteiger partial charge in [-0.1, -0.05) is 11.6 Å². The van der Waals surface area contributed by atoms with Crippen molar-refractivity contribution < 1.29 is 31.8 Å². The summed E-state index contributed by atoms with van der Waals surface area (Å²) in [7, 11) is 3.47. The van der Waals surface area contributed by atoms with E-state index in [9.17, 15) is 18.0 Å². The molecule has 7 rings (SSSR count). The number of rotatable bonds is 4. The summed E-state index contributed by atoms with van der Waals surface area (Å²) in [5.41, 5.74) is 5.25. The van der Waals surface area contributed by atoms with E-state index in [2.05, 4.69) is 27.0 Å². The Kier molecular flexibility index (Phi) is 7.55. The van der Waals surface area contributed by atoms with Crippen molar-refractivity contribution in [2.24, 2.45) is 0 Å². The van der Waals surface area contributed by atoms with Crippen LogP contribution in [0, 0.1) is 5.82 Å². The highest BCUT2D eigenvalue weighted by atomic mass is 35.5. The summed E-state index contributed by atoms with van der Waals surface area (Å²) in [6.07, 6.45) is -3.66. The summed E-state index contributed by atoms with van der Waals surface area (Å²) in [4.78, 5) is 28.7. The Labute approximate surface area is 267 Å². The number of nitrogens with zero attached hydrogens (tertiary/aromatic N) is 7. The monoisotopic (exact) mass is 664 g/mol. The number of hydrogen-bond acceptors (Lipinski definition) is 9. The van der Waals surface area contributed by atoms with Gasteiger partial charge in [0.25, 0.3) is 5.91 Å². The maximum Gasteiger partial charge on any atom is 0.416 e. The van der Waals surface area contributed by atoms with Gasteiger partial charge in [0.2, 0.25) is 0 Å². The Balaban J connectivity index is 1.18. The third kappa shape index (κ3) is 5.03. The van der Waals surface area contributed by atoms with E-state index in [0.29, 0.717) is 55.4 Å². The average Bonchev–Trinajstić information content (AvgIpc) is 3.56. The van der Waals surface area contributed by atoms with Gasteiger partial charge in [-0.05, 0) is 38.4 Å². The van der Waals surface area contributed by atoms with Crippen molar-refractivity contribution in [3.63, 3.8) is 0 Å². The SMILES string of the molecule is COc1nc2c(c(N3CCCn4nc(C(=O)N5CCC6(CCN6C)C5)c(Cl)c4C3)n1)COC(c1c(C(F)(F)F)ccc(N)c1F)C2. The number of nitrogens with two attached hydrogens (primary N) is 1. The van der Waals surface area contributed by atoms with Crippen molar-refractivity contribution in [1.82, 2.24) is 29.5 Å². The summed E-state index contributed by atoms with van der Waals surface area (Å²) in [6.45, 7) is 3.43. The van der Waals surface area contributed by atoms with Crippen molar-refractivity contribution >= 4 is 29.0 Å². The first-order chi connectivity index (χ1) is 21.9. The van der Waals surface area contributed by atoms with Gasteiger partial charge in [-0.2, -0.15) is 28.2 Å². The van der Waals surface area contributed by atoms with Crippen molar-refractivity contribution in [2.45, 2.75) is 63.2 Å². The molecule has 2 saturated heterocycles. The van der Waals surface area contributed by atoms with Gasteiger partial charge in [-0.3, -0.25) is 14.4 Å². The fraction of sp³-hybridized carbons (Fsp3) is 0.533. The molecular weight excluding hydrogens is 632 g/mol. The number of nitrogen functional groups attached to an aromatic ring is 1. The van der Waals surface area contributed by atoms with E-state index in [-0.39, 0.29) is 47.7 Å². The number of aromatic nitrogens is 4. The van der Waals surface area contributed by atoms with Gasteiger partial charge in [0.05, 0.1) is 54.0 Å². The van der Waals surface area contributed by atoms with Crippen LogP contribution in [0.2, 0.25) is 5.02 Å². The third-order valence-corrected chi connectivity index (χ3v) is 10.3. The van der Waals surface area contributed by atoms with Crippen LogP contribution in [0.1, 0.15) is 63.9 Å². The summed E-state index contributed by atoms with van der Waals surface area (Å²) in [5.74, 6) is -0.909. The minimum Gasteiger partial charge on any atom is -0.467 e. The second kappa shape index (κ2) is 11.2. The zero-order chi connectivity index (χ0) is 32.5. The molecule has 0 radical (unpaired) electrons. The van der Waals surface area contributed by atoms with Crippen LogP contribution in [-0.2, 0) is 37.0 Å². The van der Waals surface area contributed by atoms with E-state index < -0.39 is 34.9 Å². The van der Waals surface area contributed by atoms with E-state index in [1.165, 1.54) is 7.11 Å². The van der Waals surface area contributed by atoms with Crippen LogP contribution in [-0.4, -0.2) is 81.3 Å². The third-order valence-electron chi connectivity index (χ3n) is 9.85. The minimum absolute atomic E-state index is 0.00198. The van der Waals surface area contributed by atoms with E-state index >= 15 is 4.39 Å². The first-order valence-electron chi connectivity index (χ1n) is 15.1. The number of anilines is 2. The molecule has 6 heterocycles. The molecule has 2 atom stereocenters. The molecule has 4 aliphatic heterocycles. The lowest BCUT2D eigenvalue weighted by Gasteiger charge is -2.48.